The lowest BCUT2D eigenvalue weighted by molar-refractivity contribution is -0.152. The first-order valence-corrected chi connectivity index (χ1v) is 18.3. The lowest BCUT2D eigenvalue weighted by Gasteiger charge is -2.36. The van der Waals surface area contributed by atoms with E-state index in [9.17, 15) is 14.4 Å². The highest BCUT2D eigenvalue weighted by atomic mass is 16.5. The molecule has 7 heteroatoms. The zero-order valence-electron chi connectivity index (χ0n) is 29.4. The molecule has 0 radical (unpaired) electrons. The van der Waals surface area contributed by atoms with E-state index in [2.05, 4.69) is 45.0 Å². The van der Waals surface area contributed by atoms with Gasteiger partial charge in [0.2, 0.25) is 0 Å². The van der Waals surface area contributed by atoms with Crippen LogP contribution < -0.4 is 0 Å². The van der Waals surface area contributed by atoms with Crippen LogP contribution in [0.5, 0.6) is 0 Å². The van der Waals surface area contributed by atoms with Crippen LogP contribution in [0.3, 0.4) is 0 Å². The largest absolute Gasteiger partial charge is 0.462 e. The first-order valence-electron chi connectivity index (χ1n) is 18.3. The maximum atomic E-state index is 12.8. The van der Waals surface area contributed by atoms with Gasteiger partial charge in [-0.1, -0.05) is 89.5 Å². The van der Waals surface area contributed by atoms with E-state index in [1.165, 1.54) is 0 Å². The number of hydrogen-bond donors (Lipinski definition) is 0. The smallest absolute Gasteiger partial charge is 0.306 e. The van der Waals surface area contributed by atoms with Crippen molar-refractivity contribution in [2.45, 2.75) is 155 Å². The molecule has 0 atom stereocenters. The first kappa shape index (κ1) is 40.9. The van der Waals surface area contributed by atoms with Crippen LogP contribution >= 0.6 is 0 Å². The Morgan fingerprint density at radius 1 is 0.644 bits per heavy atom. The molecule has 1 aliphatic rings. The lowest BCUT2D eigenvalue weighted by atomic mass is 9.73. The Bertz CT molecular complexity index is 771. The fraction of sp³-hybridized carbons (Fsp3) is 0.816. The van der Waals surface area contributed by atoms with E-state index in [0.29, 0.717) is 44.3 Å². The highest BCUT2D eigenvalue weighted by molar-refractivity contribution is 5.70. The minimum atomic E-state index is -0.113. The monoisotopic (exact) mass is 633 g/mol. The molecule has 0 spiro atoms. The van der Waals surface area contributed by atoms with Crippen molar-refractivity contribution in [2.75, 3.05) is 33.9 Å². The van der Waals surface area contributed by atoms with Gasteiger partial charge in [-0.15, -0.1) is 0 Å². The van der Waals surface area contributed by atoms with Gasteiger partial charge in [0.05, 0.1) is 0 Å². The van der Waals surface area contributed by atoms with Crippen molar-refractivity contribution in [3.63, 3.8) is 0 Å². The molecule has 0 amide bonds. The topological polar surface area (TPSA) is 82.1 Å². The molecule has 0 bridgehead atoms. The summed E-state index contributed by atoms with van der Waals surface area (Å²) < 4.78 is 16.5. The van der Waals surface area contributed by atoms with Gasteiger partial charge in [0.15, 0.2) is 0 Å². The van der Waals surface area contributed by atoms with Gasteiger partial charge in [0.1, 0.15) is 19.3 Å². The van der Waals surface area contributed by atoms with Crippen LogP contribution in [0.25, 0.3) is 0 Å². The summed E-state index contributed by atoms with van der Waals surface area (Å²) in [5.41, 5.74) is 0. The number of carbonyl (C=O) groups excluding carboxylic acids is 3. The van der Waals surface area contributed by atoms with E-state index in [1.807, 2.05) is 12.2 Å². The molecule has 0 aliphatic heterocycles. The van der Waals surface area contributed by atoms with Crippen molar-refractivity contribution in [2.24, 2.45) is 11.8 Å². The molecule has 0 aromatic heterocycles. The first-order chi connectivity index (χ1) is 21.8. The number of ether oxygens (including phenoxy) is 3. The van der Waals surface area contributed by atoms with Crippen molar-refractivity contribution in [3.05, 3.63) is 24.3 Å². The molecule has 1 saturated carbocycles. The van der Waals surface area contributed by atoms with Gasteiger partial charge in [-0.2, -0.15) is 0 Å². The molecular formula is C38H67NO6. The maximum absolute atomic E-state index is 12.8. The van der Waals surface area contributed by atoms with Crippen LogP contribution in [0, 0.1) is 11.8 Å². The van der Waals surface area contributed by atoms with Gasteiger partial charge >= 0.3 is 17.9 Å². The predicted octanol–water partition coefficient (Wildman–Crippen LogP) is 9.14. The normalized spacial score (nSPS) is 16.5. The fourth-order valence-corrected chi connectivity index (χ4v) is 5.91. The van der Waals surface area contributed by atoms with E-state index in [4.69, 9.17) is 14.2 Å². The second-order valence-electron chi connectivity index (χ2n) is 13.3. The molecule has 0 unspecified atom stereocenters. The third kappa shape index (κ3) is 24.7. The van der Waals surface area contributed by atoms with Crippen molar-refractivity contribution in [3.8, 4) is 0 Å². The third-order valence-corrected chi connectivity index (χ3v) is 8.45. The molecule has 260 valence electrons. The van der Waals surface area contributed by atoms with Crippen LogP contribution in [0.1, 0.15) is 149 Å². The number of carbonyl (C=O) groups is 3. The third-order valence-electron chi connectivity index (χ3n) is 8.45. The molecule has 0 N–H and O–H groups in total. The van der Waals surface area contributed by atoms with Crippen molar-refractivity contribution < 1.29 is 28.6 Å². The van der Waals surface area contributed by atoms with Crippen LogP contribution in [0.15, 0.2) is 24.3 Å². The second-order valence-corrected chi connectivity index (χ2v) is 13.3. The molecule has 0 heterocycles. The van der Waals surface area contributed by atoms with E-state index in [0.717, 1.165) is 122 Å². The quantitative estimate of drug-likeness (QED) is 0.0352. The minimum absolute atomic E-state index is 0.0124. The summed E-state index contributed by atoms with van der Waals surface area (Å²) in [5.74, 6) is 0.929. The zero-order chi connectivity index (χ0) is 33.0. The molecule has 7 nitrogen and oxygen atoms in total. The Balaban J connectivity index is 2.27. The summed E-state index contributed by atoms with van der Waals surface area (Å²) in [6, 6.07) is 0. The average Bonchev–Trinajstić information content (AvgIpc) is 2.98. The number of rotatable bonds is 29. The van der Waals surface area contributed by atoms with E-state index < -0.39 is 0 Å². The summed E-state index contributed by atoms with van der Waals surface area (Å²) in [4.78, 5) is 38.8. The summed E-state index contributed by atoms with van der Waals surface area (Å²) >= 11 is 0. The predicted molar refractivity (Wildman–Crippen MR) is 184 cm³/mol. The van der Waals surface area contributed by atoms with Gasteiger partial charge in [-0.05, 0) is 90.1 Å². The Morgan fingerprint density at radius 3 is 1.58 bits per heavy atom. The SMILES string of the molecule is CCC/C=C\COC(=O)CCCCCCCC(CCCCCCCC(=O)OC/C=C\CCC)OC(=O)CC1CC(CN(C)C)C1. The number of esters is 3. The number of hydrogen-bond acceptors (Lipinski definition) is 7. The molecule has 0 aromatic carbocycles. The highest BCUT2D eigenvalue weighted by Gasteiger charge is 2.31. The van der Waals surface area contributed by atoms with Crippen molar-refractivity contribution >= 4 is 17.9 Å². The van der Waals surface area contributed by atoms with Gasteiger partial charge in [-0.3, -0.25) is 14.4 Å². The number of unbranched alkanes of at least 4 members (excludes halogenated alkanes) is 10. The second kappa shape index (κ2) is 28.1. The van der Waals surface area contributed by atoms with E-state index >= 15 is 0 Å². The molecule has 45 heavy (non-hydrogen) atoms. The molecule has 0 saturated heterocycles. The van der Waals surface area contributed by atoms with Crippen molar-refractivity contribution in [1.82, 2.24) is 4.90 Å². The Kier molecular flexibility index (Phi) is 25.5. The Hall–Kier alpha value is -2.15. The molecule has 1 aliphatic carbocycles. The van der Waals surface area contributed by atoms with Gasteiger partial charge in [0.25, 0.3) is 0 Å². The number of allylic oxidation sites excluding steroid dienone is 2. The Morgan fingerprint density at radius 2 is 1.11 bits per heavy atom. The maximum Gasteiger partial charge on any atom is 0.306 e. The minimum Gasteiger partial charge on any atom is -0.462 e. The standard InChI is InChI=1S/C38H67NO6/c1-5-7-9-21-27-43-36(40)25-19-15-11-13-17-23-35(45-38(42)31-33-29-34(30-33)32-39(3)4)24-18-14-12-16-20-26-37(41)44-28-22-10-8-6-2/h9-10,21-22,33-35H,5-8,11-20,23-32H2,1-4H3/b21-9-,22-10-. The van der Waals surface area contributed by atoms with E-state index in [1.54, 1.807) is 0 Å². The van der Waals surface area contributed by atoms with Crippen LogP contribution in [-0.2, 0) is 28.6 Å². The summed E-state index contributed by atoms with van der Waals surface area (Å²) in [6.45, 7) is 6.11. The average molecular weight is 634 g/mol. The summed E-state index contributed by atoms with van der Waals surface area (Å²) in [6.07, 6.45) is 27.9. The van der Waals surface area contributed by atoms with Crippen LogP contribution in [-0.4, -0.2) is 62.8 Å². The molecule has 0 aromatic rings. The Labute approximate surface area is 275 Å². The number of nitrogens with zero attached hydrogens (tertiary/aromatic N) is 1. The van der Waals surface area contributed by atoms with Crippen molar-refractivity contribution in [1.29, 1.82) is 0 Å². The van der Waals surface area contributed by atoms with Gasteiger partial charge in [0, 0.05) is 25.8 Å². The molecular weight excluding hydrogens is 566 g/mol. The van der Waals surface area contributed by atoms with Crippen LogP contribution in [0.2, 0.25) is 0 Å². The summed E-state index contributed by atoms with van der Waals surface area (Å²) in [7, 11) is 4.22. The lowest BCUT2D eigenvalue weighted by Crippen LogP contribution is -2.34. The van der Waals surface area contributed by atoms with Crippen LogP contribution in [0.4, 0.5) is 0 Å². The van der Waals surface area contributed by atoms with E-state index in [-0.39, 0.29) is 24.0 Å². The summed E-state index contributed by atoms with van der Waals surface area (Å²) in [5, 5.41) is 0. The highest BCUT2D eigenvalue weighted by Crippen LogP contribution is 2.36. The molecule has 1 fully saturated rings. The van der Waals surface area contributed by atoms with Gasteiger partial charge < -0.3 is 19.1 Å². The molecule has 1 rings (SSSR count). The van der Waals surface area contributed by atoms with Gasteiger partial charge in [-0.25, -0.2) is 0 Å². The zero-order valence-corrected chi connectivity index (χ0v) is 29.4. The fourth-order valence-electron chi connectivity index (χ4n) is 5.91.